The molecule has 0 aliphatic heterocycles. The van der Waals surface area contributed by atoms with Crippen LogP contribution in [0.5, 0.6) is 11.5 Å². The molecule has 0 amide bonds. The maximum absolute atomic E-state index is 13.5. The number of para-hydroxylation sites is 1. The van der Waals surface area contributed by atoms with Crippen molar-refractivity contribution in [2.75, 3.05) is 13.7 Å². The molecular weight excluding hydrogens is 614 g/mol. The Kier molecular flexibility index (Phi) is 6.87. The molecule has 0 saturated carbocycles. The summed E-state index contributed by atoms with van der Waals surface area (Å²) in [5.74, 6) is 1.54. The second kappa shape index (κ2) is 10.1. The fourth-order valence-electron chi connectivity index (χ4n) is 3.76. The molecule has 3 aromatic carbocycles. The predicted octanol–water partition coefficient (Wildman–Crippen LogP) is 7.28. The number of hydrogen-bond donors (Lipinski definition) is 0. The maximum atomic E-state index is 13.5. The van der Waals surface area contributed by atoms with Crippen LogP contribution in [0.1, 0.15) is 12.5 Å². The van der Waals surface area contributed by atoms with Gasteiger partial charge in [-0.2, -0.15) is 9.78 Å². The van der Waals surface area contributed by atoms with E-state index in [2.05, 4.69) is 37.0 Å². The normalized spacial score (nSPS) is 11.6. The zero-order chi connectivity index (χ0) is 25.4. The van der Waals surface area contributed by atoms with Gasteiger partial charge in [0.1, 0.15) is 10.6 Å². The van der Waals surface area contributed by atoms with Gasteiger partial charge in [0.05, 0.1) is 30.8 Å². The van der Waals surface area contributed by atoms with Crippen molar-refractivity contribution < 1.29 is 13.9 Å². The lowest BCUT2D eigenvalue weighted by molar-refractivity contribution is 0.311. The Bertz CT molecular complexity index is 1710. The van der Waals surface area contributed by atoms with Gasteiger partial charge in [0, 0.05) is 19.9 Å². The van der Waals surface area contributed by atoms with Crippen LogP contribution in [0.2, 0.25) is 5.02 Å². The third-order valence-corrected chi connectivity index (χ3v) is 7.37. The van der Waals surface area contributed by atoms with E-state index in [1.807, 2.05) is 37.3 Å². The number of rotatable bonds is 6. The molecule has 0 fully saturated rings. The lowest BCUT2D eigenvalue weighted by atomic mass is 10.2. The van der Waals surface area contributed by atoms with E-state index in [4.69, 9.17) is 30.5 Å². The maximum Gasteiger partial charge on any atom is 0.282 e. The Balaban J connectivity index is 1.71. The number of fused-ring (bicyclic) bond motifs is 2. The van der Waals surface area contributed by atoms with E-state index in [1.165, 1.54) is 18.0 Å². The molecule has 2 heterocycles. The summed E-state index contributed by atoms with van der Waals surface area (Å²) < 4.78 is 19.8. The molecule has 7 nitrogen and oxygen atoms in total. The van der Waals surface area contributed by atoms with Crippen LogP contribution in [0.25, 0.3) is 33.5 Å². The first kappa shape index (κ1) is 24.5. The molecule has 0 bridgehead atoms. The minimum Gasteiger partial charge on any atom is -0.493 e. The molecule has 36 heavy (non-hydrogen) atoms. The van der Waals surface area contributed by atoms with Crippen molar-refractivity contribution in [1.29, 1.82) is 0 Å². The van der Waals surface area contributed by atoms with E-state index in [0.717, 1.165) is 9.86 Å². The quantitative estimate of drug-likeness (QED) is 0.184. The van der Waals surface area contributed by atoms with Gasteiger partial charge in [0.2, 0.25) is 5.82 Å². The van der Waals surface area contributed by atoms with Gasteiger partial charge in [-0.05, 0) is 65.3 Å². The van der Waals surface area contributed by atoms with Gasteiger partial charge >= 0.3 is 0 Å². The summed E-state index contributed by atoms with van der Waals surface area (Å²) in [6, 6.07) is 16.3. The number of benzene rings is 3. The molecule has 0 saturated heterocycles. The zero-order valence-corrected chi connectivity index (χ0v) is 23.0. The predicted molar refractivity (Wildman–Crippen MR) is 149 cm³/mol. The van der Waals surface area contributed by atoms with Crippen LogP contribution >= 0.6 is 43.5 Å². The largest absolute Gasteiger partial charge is 0.493 e. The number of aromatic nitrogens is 2. The van der Waals surface area contributed by atoms with Crippen LogP contribution in [0.3, 0.4) is 0 Å². The molecule has 182 valence electrons. The van der Waals surface area contributed by atoms with Crippen LogP contribution in [0.15, 0.2) is 77.9 Å². The number of methoxy groups -OCH3 is 1. The van der Waals surface area contributed by atoms with Gasteiger partial charge < -0.3 is 13.9 Å². The summed E-state index contributed by atoms with van der Waals surface area (Å²) in [6.07, 6.45) is 1.51. The summed E-state index contributed by atoms with van der Waals surface area (Å²) in [5.41, 5.74) is 1.45. The van der Waals surface area contributed by atoms with Crippen molar-refractivity contribution in [3.63, 3.8) is 0 Å². The average molecular weight is 632 g/mol. The number of furan rings is 1. The van der Waals surface area contributed by atoms with Crippen LogP contribution in [0.4, 0.5) is 0 Å². The Labute approximate surface area is 227 Å². The molecule has 0 N–H and O–H groups in total. The molecule has 5 aromatic rings. The van der Waals surface area contributed by atoms with Gasteiger partial charge in [-0.25, -0.2) is 4.98 Å². The van der Waals surface area contributed by atoms with Gasteiger partial charge in [0.25, 0.3) is 5.56 Å². The summed E-state index contributed by atoms with van der Waals surface area (Å²) in [5, 5.41) is 6.14. The highest BCUT2D eigenvalue weighted by molar-refractivity contribution is 9.10. The first-order chi connectivity index (χ1) is 17.4. The molecule has 0 aliphatic rings. The van der Waals surface area contributed by atoms with Crippen molar-refractivity contribution in [3.8, 4) is 23.1 Å². The number of halogens is 3. The van der Waals surface area contributed by atoms with Gasteiger partial charge in [-0.15, -0.1) is 0 Å². The van der Waals surface area contributed by atoms with Gasteiger partial charge in [-0.3, -0.25) is 4.79 Å². The monoisotopic (exact) mass is 629 g/mol. The highest BCUT2D eigenvalue weighted by Crippen LogP contribution is 2.42. The number of ether oxygens (including phenoxy) is 2. The summed E-state index contributed by atoms with van der Waals surface area (Å²) >= 11 is 13.5. The Morgan fingerprint density at radius 1 is 1.17 bits per heavy atom. The second-order valence-corrected chi connectivity index (χ2v) is 9.75. The number of nitrogens with zero attached hydrogens (tertiary/aromatic N) is 3. The minimum absolute atomic E-state index is 0.266. The Hall–Kier alpha value is -3.14. The van der Waals surface area contributed by atoms with Crippen LogP contribution in [-0.2, 0) is 0 Å². The van der Waals surface area contributed by atoms with Crippen molar-refractivity contribution in [1.82, 2.24) is 9.66 Å². The molecule has 0 radical (unpaired) electrons. The van der Waals surface area contributed by atoms with E-state index in [1.54, 1.807) is 24.3 Å². The van der Waals surface area contributed by atoms with E-state index in [9.17, 15) is 4.79 Å². The lowest BCUT2D eigenvalue weighted by Gasteiger charge is -2.14. The van der Waals surface area contributed by atoms with Crippen LogP contribution < -0.4 is 15.0 Å². The molecule has 0 spiro atoms. The number of hydrogen-bond acceptors (Lipinski definition) is 6. The standard InChI is InChI=1S/C26H18Br2ClN3O4/c1-3-35-24-20(34-2)12-15(22(28)23(24)29)13-30-32-25(31-18-7-5-4-6-17(18)26(32)33)21-11-14-10-16(27)8-9-19(14)36-21/h4-13H,3H2,1-2H3. The zero-order valence-electron chi connectivity index (χ0n) is 19.1. The first-order valence-electron chi connectivity index (χ1n) is 10.9. The van der Waals surface area contributed by atoms with E-state index in [0.29, 0.717) is 55.4 Å². The lowest BCUT2D eigenvalue weighted by Crippen LogP contribution is -2.20. The topological polar surface area (TPSA) is 78.8 Å². The Morgan fingerprint density at radius 3 is 2.75 bits per heavy atom. The Morgan fingerprint density at radius 2 is 1.97 bits per heavy atom. The summed E-state index contributed by atoms with van der Waals surface area (Å²) in [6.45, 7) is 2.28. The fraction of sp³-hybridized carbons (Fsp3) is 0.115. The fourth-order valence-corrected chi connectivity index (χ4v) is 4.80. The van der Waals surface area contributed by atoms with Crippen molar-refractivity contribution in [3.05, 3.63) is 84.5 Å². The minimum atomic E-state index is -0.339. The molecule has 2 aromatic heterocycles. The van der Waals surface area contributed by atoms with E-state index >= 15 is 0 Å². The smallest absolute Gasteiger partial charge is 0.282 e. The highest BCUT2D eigenvalue weighted by atomic mass is 79.9. The van der Waals surface area contributed by atoms with Crippen LogP contribution in [0, 0.1) is 0 Å². The van der Waals surface area contributed by atoms with Gasteiger partial charge in [-0.1, -0.05) is 39.7 Å². The molecule has 0 atom stereocenters. The average Bonchev–Trinajstić information content (AvgIpc) is 3.30. The first-order valence-corrected chi connectivity index (χ1v) is 12.8. The van der Waals surface area contributed by atoms with E-state index < -0.39 is 0 Å². The SMILES string of the molecule is CCOc1c(OC)cc(C=Nn2c(-c3cc4cc(Br)ccc4o3)nc3ccccc3c2=O)c(Br)c1Cl. The third-order valence-electron chi connectivity index (χ3n) is 5.43. The summed E-state index contributed by atoms with van der Waals surface area (Å²) in [4.78, 5) is 18.2. The summed E-state index contributed by atoms with van der Waals surface area (Å²) in [7, 11) is 1.53. The van der Waals surface area contributed by atoms with Crippen molar-refractivity contribution in [2.24, 2.45) is 5.10 Å². The van der Waals surface area contributed by atoms with E-state index in [-0.39, 0.29) is 11.4 Å². The second-order valence-electron chi connectivity index (χ2n) is 7.67. The molecule has 10 heteroatoms. The van der Waals surface area contributed by atoms with Gasteiger partial charge in [0.15, 0.2) is 17.3 Å². The van der Waals surface area contributed by atoms with Crippen molar-refractivity contribution in [2.45, 2.75) is 6.92 Å². The molecule has 5 rings (SSSR count). The highest BCUT2D eigenvalue weighted by Gasteiger charge is 2.19. The molecule has 0 aliphatic carbocycles. The third kappa shape index (κ3) is 4.42. The molecular formula is C26H18Br2ClN3O4. The van der Waals surface area contributed by atoms with Crippen LogP contribution in [-0.4, -0.2) is 29.6 Å². The molecule has 0 unspecified atom stereocenters. The van der Waals surface area contributed by atoms with Crippen molar-refractivity contribution >= 4 is 71.5 Å².